The molecule has 0 saturated carbocycles. The standard InChI is InChI=1S/C17H23N3/c1-13(2)11-14(3)19-16-9-10-17(18-12-16)20-15-7-5-4-6-8-15/h4-10,12-14,19H,11H2,1-3H3,(H,18,20). The Morgan fingerprint density at radius 2 is 1.70 bits per heavy atom. The number of anilines is 3. The number of pyridine rings is 1. The Balaban J connectivity index is 1.93. The van der Waals surface area contributed by atoms with Crippen LogP contribution in [0.25, 0.3) is 0 Å². The first kappa shape index (κ1) is 14.4. The molecule has 1 heterocycles. The molecule has 20 heavy (non-hydrogen) atoms. The van der Waals surface area contributed by atoms with Gasteiger partial charge in [-0.15, -0.1) is 0 Å². The summed E-state index contributed by atoms with van der Waals surface area (Å²) in [5.41, 5.74) is 2.12. The van der Waals surface area contributed by atoms with Crippen molar-refractivity contribution < 1.29 is 0 Å². The zero-order valence-corrected chi connectivity index (χ0v) is 12.4. The van der Waals surface area contributed by atoms with Crippen LogP contribution in [-0.4, -0.2) is 11.0 Å². The predicted octanol–water partition coefficient (Wildman–Crippen LogP) is 4.67. The summed E-state index contributed by atoms with van der Waals surface area (Å²) in [4.78, 5) is 4.43. The summed E-state index contributed by atoms with van der Waals surface area (Å²) in [7, 11) is 0. The number of nitrogens with zero attached hydrogens (tertiary/aromatic N) is 1. The molecule has 0 radical (unpaired) electrons. The minimum Gasteiger partial charge on any atom is -0.381 e. The smallest absolute Gasteiger partial charge is 0.130 e. The van der Waals surface area contributed by atoms with Crippen molar-refractivity contribution in [1.29, 1.82) is 0 Å². The van der Waals surface area contributed by atoms with Gasteiger partial charge in [-0.2, -0.15) is 0 Å². The van der Waals surface area contributed by atoms with Gasteiger partial charge < -0.3 is 10.6 Å². The number of para-hydroxylation sites is 1. The van der Waals surface area contributed by atoms with Crippen molar-refractivity contribution >= 4 is 17.2 Å². The first-order chi connectivity index (χ1) is 9.63. The number of aromatic nitrogens is 1. The van der Waals surface area contributed by atoms with Gasteiger partial charge in [-0.3, -0.25) is 0 Å². The molecule has 0 bridgehead atoms. The predicted molar refractivity (Wildman–Crippen MR) is 86.5 cm³/mol. The number of rotatable bonds is 6. The highest BCUT2D eigenvalue weighted by atomic mass is 15.0. The monoisotopic (exact) mass is 269 g/mol. The largest absolute Gasteiger partial charge is 0.381 e. The average molecular weight is 269 g/mol. The van der Waals surface area contributed by atoms with Crippen LogP contribution in [0.5, 0.6) is 0 Å². The quantitative estimate of drug-likeness (QED) is 0.800. The Bertz CT molecular complexity index is 506. The van der Waals surface area contributed by atoms with Crippen molar-refractivity contribution in [2.75, 3.05) is 10.6 Å². The molecule has 3 nitrogen and oxygen atoms in total. The highest BCUT2D eigenvalue weighted by Gasteiger charge is 2.05. The van der Waals surface area contributed by atoms with E-state index in [9.17, 15) is 0 Å². The molecule has 106 valence electrons. The van der Waals surface area contributed by atoms with Crippen molar-refractivity contribution in [3.63, 3.8) is 0 Å². The second kappa shape index (κ2) is 6.94. The van der Waals surface area contributed by atoms with Gasteiger partial charge in [0.1, 0.15) is 5.82 Å². The molecule has 0 aliphatic heterocycles. The number of benzene rings is 1. The summed E-state index contributed by atoms with van der Waals surface area (Å²) in [5.74, 6) is 1.56. The summed E-state index contributed by atoms with van der Waals surface area (Å²) < 4.78 is 0. The Kier molecular flexibility index (Phi) is 4.99. The molecular formula is C17H23N3. The molecule has 0 spiro atoms. The zero-order valence-electron chi connectivity index (χ0n) is 12.4. The maximum atomic E-state index is 4.43. The summed E-state index contributed by atoms with van der Waals surface area (Å²) in [6.45, 7) is 6.68. The van der Waals surface area contributed by atoms with Crippen LogP contribution in [0, 0.1) is 5.92 Å². The molecule has 2 rings (SSSR count). The molecule has 0 saturated heterocycles. The van der Waals surface area contributed by atoms with Crippen LogP contribution < -0.4 is 10.6 Å². The van der Waals surface area contributed by atoms with Crippen molar-refractivity contribution in [2.24, 2.45) is 5.92 Å². The van der Waals surface area contributed by atoms with Crippen LogP contribution in [0.15, 0.2) is 48.7 Å². The minimum absolute atomic E-state index is 0.463. The lowest BCUT2D eigenvalue weighted by Crippen LogP contribution is -2.17. The topological polar surface area (TPSA) is 37.0 Å². The van der Waals surface area contributed by atoms with Gasteiger partial charge in [-0.25, -0.2) is 4.98 Å². The lowest BCUT2D eigenvalue weighted by atomic mass is 10.1. The van der Waals surface area contributed by atoms with Crippen LogP contribution in [0.2, 0.25) is 0 Å². The third-order valence-electron chi connectivity index (χ3n) is 3.05. The normalized spacial score (nSPS) is 12.2. The first-order valence-corrected chi connectivity index (χ1v) is 7.18. The summed E-state index contributed by atoms with van der Waals surface area (Å²) >= 11 is 0. The molecule has 1 unspecified atom stereocenters. The van der Waals surface area contributed by atoms with Crippen molar-refractivity contribution in [3.8, 4) is 0 Å². The third-order valence-corrected chi connectivity index (χ3v) is 3.05. The second-order valence-electron chi connectivity index (χ2n) is 5.60. The van der Waals surface area contributed by atoms with Gasteiger partial charge in [0.25, 0.3) is 0 Å². The number of nitrogens with one attached hydrogen (secondary N) is 2. The van der Waals surface area contributed by atoms with E-state index < -0.39 is 0 Å². The maximum absolute atomic E-state index is 4.43. The third kappa shape index (κ3) is 4.57. The minimum atomic E-state index is 0.463. The van der Waals surface area contributed by atoms with Gasteiger partial charge in [0, 0.05) is 11.7 Å². The highest BCUT2D eigenvalue weighted by Crippen LogP contribution is 2.17. The zero-order chi connectivity index (χ0) is 14.4. The van der Waals surface area contributed by atoms with Crippen LogP contribution in [0.1, 0.15) is 27.2 Å². The van der Waals surface area contributed by atoms with E-state index in [1.807, 2.05) is 42.6 Å². The molecule has 1 aromatic heterocycles. The lowest BCUT2D eigenvalue weighted by Gasteiger charge is -2.17. The van der Waals surface area contributed by atoms with E-state index in [-0.39, 0.29) is 0 Å². The Hall–Kier alpha value is -2.03. The Morgan fingerprint density at radius 3 is 2.30 bits per heavy atom. The molecule has 1 atom stereocenters. The van der Waals surface area contributed by atoms with E-state index in [1.54, 1.807) is 0 Å². The molecular weight excluding hydrogens is 246 g/mol. The molecule has 1 aromatic carbocycles. The average Bonchev–Trinajstić information content (AvgIpc) is 2.41. The van der Waals surface area contributed by atoms with Crippen molar-refractivity contribution in [3.05, 3.63) is 48.7 Å². The van der Waals surface area contributed by atoms with E-state index in [0.29, 0.717) is 12.0 Å². The van der Waals surface area contributed by atoms with Gasteiger partial charge in [-0.1, -0.05) is 32.0 Å². The van der Waals surface area contributed by atoms with E-state index in [0.717, 1.165) is 23.6 Å². The summed E-state index contributed by atoms with van der Waals surface area (Å²) in [5, 5.41) is 6.75. The fourth-order valence-corrected chi connectivity index (χ4v) is 2.27. The van der Waals surface area contributed by atoms with Crippen LogP contribution >= 0.6 is 0 Å². The Morgan fingerprint density at radius 1 is 0.950 bits per heavy atom. The van der Waals surface area contributed by atoms with E-state index >= 15 is 0 Å². The first-order valence-electron chi connectivity index (χ1n) is 7.18. The van der Waals surface area contributed by atoms with Gasteiger partial charge in [0.15, 0.2) is 0 Å². The SMILES string of the molecule is CC(C)CC(C)Nc1ccc(Nc2ccccc2)nc1. The van der Waals surface area contributed by atoms with E-state index in [1.165, 1.54) is 0 Å². The molecule has 2 aromatic rings. The van der Waals surface area contributed by atoms with Crippen molar-refractivity contribution in [2.45, 2.75) is 33.2 Å². The number of hydrogen-bond acceptors (Lipinski definition) is 3. The van der Waals surface area contributed by atoms with E-state index in [2.05, 4.69) is 42.5 Å². The molecule has 0 fully saturated rings. The van der Waals surface area contributed by atoms with Gasteiger partial charge in [0.05, 0.1) is 11.9 Å². The molecule has 2 N–H and O–H groups in total. The van der Waals surface area contributed by atoms with Gasteiger partial charge in [0.2, 0.25) is 0 Å². The second-order valence-corrected chi connectivity index (χ2v) is 5.60. The fourth-order valence-electron chi connectivity index (χ4n) is 2.27. The number of hydrogen-bond donors (Lipinski definition) is 2. The van der Waals surface area contributed by atoms with Crippen LogP contribution in [0.3, 0.4) is 0 Å². The van der Waals surface area contributed by atoms with Crippen LogP contribution in [-0.2, 0) is 0 Å². The Labute approximate surface area is 121 Å². The maximum Gasteiger partial charge on any atom is 0.130 e. The molecule has 3 heteroatoms. The van der Waals surface area contributed by atoms with Gasteiger partial charge >= 0.3 is 0 Å². The van der Waals surface area contributed by atoms with E-state index in [4.69, 9.17) is 0 Å². The van der Waals surface area contributed by atoms with Crippen LogP contribution in [0.4, 0.5) is 17.2 Å². The summed E-state index contributed by atoms with van der Waals surface area (Å²) in [6.07, 6.45) is 3.03. The molecule has 0 aliphatic carbocycles. The summed E-state index contributed by atoms with van der Waals surface area (Å²) in [6, 6.07) is 14.6. The fraction of sp³-hybridized carbons (Fsp3) is 0.353. The van der Waals surface area contributed by atoms with Gasteiger partial charge in [-0.05, 0) is 43.5 Å². The molecule has 0 amide bonds. The highest BCUT2D eigenvalue weighted by molar-refractivity contribution is 5.57. The lowest BCUT2D eigenvalue weighted by molar-refractivity contribution is 0.539. The molecule has 0 aliphatic rings. The van der Waals surface area contributed by atoms with Crippen molar-refractivity contribution in [1.82, 2.24) is 4.98 Å².